The second-order valence-electron chi connectivity index (χ2n) is 4.96. The van der Waals surface area contributed by atoms with Crippen LogP contribution in [0.5, 0.6) is 0 Å². The molecule has 0 radical (unpaired) electrons. The molecule has 0 aliphatic heterocycles. The standard InChI is InChI=1S/C13H22ClN3/c1-9(2)12(8-17(3)4)16-13-10(14)6-5-7-11(13)15/h5-7,9,12,16H,8,15H2,1-4H3. The zero-order valence-electron chi connectivity index (χ0n) is 11.0. The van der Waals surface area contributed by atoms with Gasteiger partial charge in [-0.1, -0.05) is 31.5 Å². The quantitative estimate of drug-likeness (QED) is 0.795. The molecule has 0 aliphatic carbocycles. The van der Waals surface area contributed by atoms with Gasteiger partial charge >= 0.3 is 0 Å². The number of hydrogen-bond donors (Lipinski definition) is 2. The minimum Gasteiger partial charge on any atom is -0.397 e. The van der Waals surface area contributed by atoms with Gasteiger partial charge in [0, 0.05) is 12.6 Å². The Kier molecular flexibility index (Phi) is 5.09. The topological polar surface area (TPSA) is 41.3 Å². The van der Waals surface area contributed by atoms with E-state index in [1.54, 1.807) is 0 Å². The zero-order valence-corrected chi connectivity index (χ0v) is 11.8. The number of para-hydroxylation sites is 1. The van der Waals surface area contributed by atoms with Crippen molar-refractivity contribution in [3.8, 4) is 0 Å². The summed E-state index contributed by atoms with van der Waals surface area (Å²) < 4.78 is 0. The highest BCUT2D eigenvalue weighted by atomic mass is 35.5. The van der Waals surface area contributed by atoms with Gasteiger partial charge in [0.1, 0.15) is 0 Å². The van der Waals surface area contributed by atoms with Crippen LogP contribution in [0, 0.1) is 5.92 Å². The third-order valence-corrected chi connectivity index (χ3v) is 3.06. The second-order valence-corrected chi connectivity index (χ2v) is 5.37. The number of rotatable bonds is 5. The number of nitrogens with zero attached hydrogens (tertiary/aromatic N) is 1. The molecule has 1 aromatic rings. The van der Waals surface area contributed by atoms with Crippen molar-refractivity contribution in [1.29, 1.82) is 0 Å². The number of nitrogens with one attached hydrogen (secondary N) is 1. The maximum absolute atomic E-state index is 6.16. The predicted octanol–water partition coefficient (Wildman–Crippen LogP) is 2.92. The number of nitrogen functional groups attached to an aromatic ring is 1. The lowest BCUT2D eigenvalue weighted by Crippen LogP contribution is -2.36. The Labute approximate surface area is 109 Å². The molecule has 0 heterocycles. The minimum absolute atomic E-state index is 0.326. The molecular weight excluding hydrogens is 234 g/mol. The van der Waals surface area contributed by atoms with Gasteiger partial charge < -0.3 is 16.0 Å². The molecule has 17 heavy (non-hydrogen) atoms. The summed E-state index contributed by atoms with van der Waals surface area (Å²) in [5, 5.41) is 4.12. The van der Waals surface area contributed by atoms with E-state index in [1.165, 1.54) is 0 Å². The van der Waals surface area contributed by atoms with E-state index in [0.717, 1.165) is 12.2 Å². The number of halogens is 1. The maximum atomic E-state index is 6.16. The van der Waals surface area contributed by atoms with Crippen LogP contribution in [0.4, 0.5) is 11.4 Å². The Hall–Kier alpha value is -0.930. The normalized spacial score (nSPS) is 13.1. The van der Waals surface area contributed by atoms with E-state index in [2.05, 4.69) is 38.2 Å². The fourth-order valence-electron chi connectivity index (χ4n) is 1.70. The van der Waals surface area contributed by atoms with Crippen molar-refractivity contribution in [2.45, 2.75) is 19.9 Å². The fourth-order valence-corrected chi connectivity index (χ4v) is 1.93. The van der Waals surface area contributed by atoms with Crippen molar-refractivity contribution in [1.82, 2.24) is 4.90 Å². The van der Waals surface area contributed by atoms with E-state index < -0.39 is 0 Å². The van der Waals surface area contributed by atoms with Crippen molar-refractivity contribution in [2.75, 3.05) is 31.7 Å². The Balaban J connectivity index is 2.86. The summed E-state index contributed by atoms with van der Waals surface area (Å²) in [6, 6.07) is 5.90. The molecule has 0 spiro atoms. The maximum Gasteiger partial charge on any atom is 0.0765 e. The Bertz CT molecular complexity index is 343. The summed E-state index contributed by atoms with van der Waals surface area (Å²) >= 11 is 6.16. The molecule has 3 N–H and O–H groups in total. The van der Waals surface area contributed by atoms with Crippen LogP contribution in [0.2, 0.25) is 5.02 Å². The van der Waals surface area contributed by atoms with Crippen molar-refractivity contribution < 1.29 is 0 Å². The Morgan fingerprint density at radius 1 is 1.35 bits per heavy atom. The van der Waals surface area contributed by atoms with Crippen molar-refractivity contribution >= 4 is 23.0 Å². The van der Waals surface area contributed by atoms with Gasteiger partial charge in [0.25, 0.3) is 0 Å². The van der Waals surface area contributed by atoms with Gasteiger partial charge in [-0.15, -0.1) is 0 Å². The van der Waals surface area contributed by atoms with Crippen LogP contribution in [-0.4, -0.2) is 31.6 Å². The molecule has 0 fully saturated rings. The minimum atomic E-state index is 0.326. The zero-order chi connectivity index (χ0) is 13.0. The SMILES string of the molecule is CC(C)C(CN(C)C)Nc1c(N)cccc1Cl. The van der Waals surface area contributed by atoms with Crippen LogP contribution in [0.15, 0.2) is 18.2 Å². The Morgan fingerprint density at radius 2 is 2.00 bits per heavy atom. The van der Waals surface area contributed by atoms with E-state index in [-0.39, 0.29) is 0 Å². The van der Waals surface area contributed by atoms with Gasteiger partial charge in [-0.2, -0.15) is 0 Å². The first-order chi connectivity index (χ1) is 7.91. The van der Waals surface area contributed by atoms with Crippen LogP contribution in [0.25, 0.3) is 0 Å². The number of anilines is 2. The summed E-state index contributed by atoms with van der Waals surface area (Å²) in [6.07, 6.45) is 0. The molecule has 0 aliphatic rings. The van der Waals surface area contributed by atoms with Gasteiger partial charge in [0.05, 0.1) is 16.4 Å². The summed E-state index contributed by atoms with van der Waals surface area (Å²) in [5.41, 5.74) is 7.48. The van der Waals surface area contributed by atoms with E-state index in [9.17, 15) is 0 Å². The largest absolute Gasteiger partial charge is 0.397 e. The summed E-state index contributed by atoms with van der Waals surface area (Å²) in [7, 11) is 4.13. The molecule has 1 unspecified atom stereocenters. The molecule has 1 atom stereocenters. The summed E-state index contributed by atoms with van der Waals surface area (Å²) in [4.78, 5) is 2.16. The van der Waals surface area contributed by atoms with Gasteiger partial charge in [-0.05, 0) is 32.1 Å². The molecule has 0 aromatic heterocycles. The van der Waals surface area contributed by atoms with Crippen LogP contribution in [-0.2, 0) is 0 Å². The van der Waals surface area contributed by atoms with Crippen molar-refractivity contribution in [2.24, 2.45) is 5.92 Å². The van der Waals surface area contributed by atoms with Gasteiger partial charge in [0.15, 0.2) is 0 Å². The lowest BCUT2D eigenvalue weighted by atomic mass is 10.0. The van der Waals surface area contributed by atoms with Crippen LogP contribution >= 0.6 is 11.6 Å². The molecule has 1 rings (SSSR count). The van der Waals surface area contributed by atoms with Crippen molar-refractivity contribution in [3.63, 3.8) is 0 Å². The third-order valence-electron chi connectivity index (χ3n) is 2.74. The summed E-state index contributed by atoms with van der Waals surface area (Å²) in [6.45, 7) is 5.32. The van der Waals surface area contributed by atoms with Crippen LogP contribution in [0.1, 0.15) is 13.8 Å². The number of likely N-dealkylation sites (N-methyl/N-ethyl adjacent to an activating group) is 1. The highest BCUT2D eigenvalue weighted by molar-refractivity contribution is 6.33. The van der Waals surface area contributed by atoms with Gasteiger partial charge in [-0.25, -0.2) is 0 Å². The molecule has 96 valence electrons. The molecule has 0 saturated carbocycles. The highest BCUT2D eigenvalue weighted by Gasteiger charge is 2.16. The average Bonchev–Trinajstić information content (AvgIpc) is 2.21. The van der Waals surface area contributed by atoms with E-state index >= 15 is 0 Å². The molecule has 1 aromatic carbocycles. The van der Waals surface area contributed by atoms with Gasteiger partial charge in [0.2, 0.25) is 0 Å². The lowest BCUT2D eigenvalue weighted by molar-refractivity contribution is 0.344. The fraction of sp³-hybridized carbons (Fsp3) is 0.538. The molecule has 4 heteroatoms. The first-order valence-corrected chi connectivity index (χ1v) is 6.25. The first kappa shape index (κ1) is 14.1. The van der Waals surface area contributed by atoms with E-state index in [0.29, 0.717) is 22.7 Å². The number of nitrogens with two attached hydrogens (primary N) is 1. The molecule has 0 bridgehead atoms. The van der Waals surface area contributed by atoms with Crippen LogP contribution in [0.3, 0.4) is 0 Å². The van der Waals surface area contributed by atoms with Crippen LogP contribution < -0.4 is 11.1 Å². The van der Waals surface area contributed by atoms with E-state index in [1.807, 2.05) is 18.2 Å². The molecule has 3 nitrogen and oxygen atoms in total. The Morgan fingerprint density at radius 3 is 2.47 bits per heavy atom. The molecule has 0 saturated heterocycles. The highest BCUT2D eigenvalue weighted by Crippen LogP contribution is 2.29. The first-order valence-electron chi connectivity index (χ1n) is 5.87. The smallest absolute Gasteiger partial charge is 0.0765 e. The second kappa shape index (κ2) is 6.12. The number of hydrogen-bond acceptors (Lipinski definition) is 3. The average molecular weight is 256 g/mol. The van der Waals surface area contributed by atoms with E-state index in [4.69, 9.17) is 17.3 Å². The predicted molar refractivity (Wildman–Crippen MR) is 76.7 cm³/mol. The lowest BCUT2D eigenvalue weighted by Gasteiger charge is -2.27. The molecular formula is C13H22ClN3. The third kappa shape index (κ3) is 4.10. The van der Waals surface area contributed by atoms with Gasteiger partial charge in [-0.3, -0.25) is 0 Å². The van der Waals surface area contributed by atoms with Crippen molar-refractivity contribution in [3.05, 3.63) is 23.2 Å². The number of benzene rings is 1. The summed E-state index contributed by atoms with van der Waals surface area (Å²) in [5.74, 6) is 0.507. The molecule has 0 amide bonds. The monoisotopic (exact) mass is 255 g/mol.